The number of Topliss-reactive ketones (excluding diaryl/α,β-unsaturated/α-hetero) is 1. The van der Waals surface area contributed by atoms with Gasteiger partial charge in [0.1, 0.15) is 0 Å². The van der Waals surface area contributed by atoms with Crippen molar-refractivity contribution in [1.29, 1.82) is 0 Å². The molecule has 30 heavy (non-hydrogen) atoms. The summed E-state index contributed by atoms with van der Waals surface area (Å²) in [4.78, 5) is 38.6. The van der Waals surface area contributed by atoms with Crippen molar-refractivity contribution < 1.29 is 14.4 Å². The molecule has 8 atom stereocenters. The number of ketones is 1. The van der Waals surface area contributed by atoms with Crippen LogP contribution in [-0.2, 0) is 9.59 Å². The zero-order valence-corrected chi connectivity index (χ0v) is 20.0. The Balaban J connectivity index is 1.54. The average molecular weight is 434 g/mol. The van der Waals surface area contributed by atoms with Crippen molar-refractivity contribution >= 4 is 28.7 Å². The fourth-order valence-corrected chi connectivity index (χ4v) is 9.09. The normalized spacial score (nSPS) is 43.6. The van der Waals surface area contributed by atoms with Gasteiger partial charge in [0.05, 0.1) is 12.3 Å². The lowest BCUT2D eigenvalue weighted by Crippen LogP contribution is -2.50. The van der Waals surface area contributed by atoms with E-state index in [1.807, 2.05) is 0 Å². The maximum absolute atomic E-state index is 13.4. The molecule has 0 spiro atoms. The van der Waals surface area contributed by atoms with Gasteiger partial charge in [-0.3, -0.25) is 19.3 Å². The van der Waals surface area contributed by atoms with Crippen molar-refractivity contribution in [3.8, 4) is 0 Å². The minimum atomic E-state index is -0.245. The predicted octanol–water partition coefficient (Wildman–Crippen LogP) is 5.79. The molecule has 0 N–H and O–H groups in total. The fourth-order valence-electron chi connectivity index (χ4n) is 8.36. The van der Waals surface area contributed by atoms with Crippen molar-refractivity contribution in [2.45, 2.75) is 79.1 Å². The van der Waals surface area contributed by atoms with Crippen LogP contribution in [0.4, 0.5) is 4.79 Å². The second kappa shape index (κ2) is 8.60. The standard InChI is InChI=1S/C25H39NO3S/c1-5-7-17-16(6-2)8-9-19-18(17)10-11-25(4)20(12-15(3)23(19)25)21(27)13-26-22(28)14-30-24(26)29/h15-20,23H,5-14H2,1-4H3. The third kappa shape index (κ3) is 3.57. The highest BCUT2D eigenvalue weighted by molar-refractivity contribution is 8.14. The number of carbonyl (C=O) groups excluding carboxylic acids is 3. The molecule has 0 aromatic carbocycles. The smallest absolute Gasteiger partial charge is 0.289 e. The Hall–Kier alpha value is -0.840. The van der Waals surface area contributed by atoms with Gasteiger partial charge in [-0.1, -0.05) is 58.7 Å². The molecule has 4 nitrogen and oxygen atoms in total. The predicted molar refractivity (Wildman–Crippen MR) is 121 cm³/mol. The third-order valence-electron chi connectivity index (χ3n) is 9.52. The number of rotatable bonds is 6. The monoisotopic (exact) mass is 433 g/mol. The first kappa shape index (κ1) is 22.4. The molecule has 3 saturated carbocycles. The van der Waals surface area contributed by atoms with Crippen LogP contribution in [0.1, 0.15) is 79.1 Å². The summed E-state index contributed by atoms with van der Waals surface area (Å²) < 4.78 is 0. The minimum absolute atomic E-state index is 0.00169. The van der Waals surface area contributed by atoms with Crippen LogP contribution in [0.15, 0.2) is 0 Å². The van der Waals surface area contributed by atoms with E-state index < -0.39 is 0 Å². The molecule has 8 unspecified atom stereocenters. The molecule has 3 aliphatic carbocycles. The van der Waals surface area contributed by atoms with E-state index in [0.717, 1.165) is 48.3 Å². The minimum Gasteiger partial charge on any atom is -0.297 e. The molecular weight excluding hydrogens is 394 g/mol. The summed E-state index contributed by atoms with van der Waals surface area (Å²) >= 11 is 1.03. The number of nitrogens with zero attached hydrogens (tertiary/aromatic N) is 1. The molecule has 4 fully saturated rings. The van der Waals surface area contributed by atoms with Crippen molar-refractivity contribution in [2.24, 2.45) is 46.8 Å². The summed E-state index contributed by atoms with van der Waals surface area (Å²) in [5.41, 5.74) is 0.0342. The van der Waals surface area contributed by atoms with Gasteiger partial charge in [0, 0.05) is 5.92 Å². The molecule has 2 amide bonds. The zero-order chi connectivity index (χ0) is 21.6. The largest absolute Gasteiger partial charge is 0.297 e. The molecule has 1 aliphatic heterocycles. The van der Waals surface area contributed by atoms with E-state index >= 15 is 0 Å². The average Bonchev–Trinajstić information content (AvgIpc) is 3.18. The molecule has 1 saturated heterocycles. The van der Waals surface area contributed by atoms with Gasteiger partial charge in [-0.25, -0.2) is 0 Å². The number of carbonyl (C=O) groups is 3. The van der Waals surface area contributed by atoms with Crippen LogP contribution in [-0.4, -0.2) is 34.1 Å². The molecule has 4 rings (SSSR count). The lowest BCUT2D eigenvalue weighted by atomic mass is 9.49. The Morgan fingerprint density at radius 2 is 1.93 bits per heavy atom. The molecule has 0 radical (unpaired) electrons. The van der Waals surface area contributed by atoms with E-state index in [9.17, 15) is 14.4 Å². The van der Waals surface area contributed by atoms with Gasteiger partial charge in [0.15, 0.2) is 5.78 Å². The lowest BCUT2D eigenvalue weighted by molar-refractivity contribution is -0.135. The second-order valence-corrected chi connectivity index (χ2v) is 11.8. The van der Waals surface area contributed by atoms with Crippen LogP contribution in [0, 0.1) is 46.8 Å². The Kier molecular flexibility index (Phi) is 6.41. The number of hydrogen-bond donors (Lipinski definition) is 0. The summed E-state index contributed by atoms with van der Waals surface area (Å²) in [6.07, 6.45) is 9.95. The van der Waals surface area contributed by atoms with Gasteiger partial charge >= 0.3 is 0 Å². The van der Waals surface area contributed by atoms with Crippen LogP contribution >= 0.6 is 11.8 Å². The first-order valence-corrected chi connectivity index (χ1v) is 13.3. The maximum Gasteiger partial charge on any atom is 0.289 e. The summed E-state index contributed by atoms with van der Waals surface area (Å²) in [5.74, 6) is 4.61. The van der Waals surface area contributed by atoms with E-state index in [-0.39, 0.29) is 40.6 Å². The van der Waals surface area contributed by atoms with E-state index in [0.29, 0.717) is 11.8 Å². The molecule has 168 valence electrons. The van der Waals surface area contributed by atoms with Gasteiger partial charge in [0.25, 0.3) is 5.24 Å². The van der Waals surface area contributed by atoms with Crippen LogP contribution in [0.2, 0.25) is 0 Å². The third-order valence-corrected chi connectivity index (χ3v) is 10.4. The summed E-state index contributed by atoms with van der Waals surface area (Å²) in [6.45, 7) is 9.42. The topological polar surface area (TPSA) is 54.5 Å². The van der Waals surface area contributed by atoms with Crippen molar-refractivity contribution in [1.82, 2.24) is 4.90 Å². The molecule has 1 heterocycles. The van der Waals surface area contributed by atoms with Crippen LogP contribution < -0.4 is 0 Å². The highest BCUT2D eigenvalue weighted by Crippen LogP contribution is 2.65. The van der Waals surface area contributed by atoms with Gasteiger partial charge in [-0.15, -0.1) is 0 Å². The highest BCUT2D eigenvalue weighted by atomic mass is 32.2. The van der Waals surface area contributed by atoms with E-state index in [2.05, 4.69) is 27.7 Å². The first-order valence-electron chi connectivity index (χ1n) is 12.3. The van der Waals surface area contributed by atoms with E-state index in [4.69, 9.17) is 0 Å². The Bertz CT molecular complexity index is 693. The lowest BCUT2D eigenvalue weighted by Gasteiger charge is -2.55. The van der Waals surface area contributed by atoms with Gasteiger partial charge in [-0.05, 0) is 73.0 Å². The Morgan fingerprint density at radius 3 is 2.57 bits per heavy atom. The van der Waals surface area contributed by atoms with E-state index in [1.165, 1.54) is 43.4 Å². The summed E-state index contributed by atoms with van der Waals surface area (Å²) in [5, 5.41) is -0.245. The quantitative estimate of drug-likeness (QED) is 0.532. The number of thioether (sulfide) groups is 1. The maximum atomic E-state index is 13.4. The zero-order valence-electron chi connectivity index (χ0n) is 19.2. The Labute approximate surface area is 186 Å². The van der Waals surface area contributed by atoms with Crippen molar-refractivity contribution in [3.63, 3.8) is 0 Å². The fraction of sp³-hybridized carbons (Fsp3) is 0.880. The van der Waals surface area contributed by atoms with E-state index in [1.54, 1.807) is 0 Å². The van der Waals surface area contributed by atoms with Crippen molar-refractivity contribution in [2.75, 3.05) is 12.3 Å². The molecule has 0 aromatic rings. The molecule has 5 heteroatoms. The van der Waals surface area contributed by atoms with Crippen LogP contribution in [0.5, 0.6) is 0 Å². The summed E-state index contributed by atoms with van der Waals surface area (Å²) in [6, 6.07) is 0. The highest BCUT2D eigenvalue weighted by Gasteiger charge is 2.60. The molecule has 0 aromatic heterocycles. The van der Waals surface area contributed by atoms with Crippen LogP contribution in [0.3, 0.4) is 0 Å². The number of hydrogen-bond acceptors (Lipinski definition) is 4. The van der Waals surface area contributed by atoms with Gasteiger partial charge in [0.2, 0.25) is 5.91 Å². The Morgan fingerprint density at radius 1 is 1.17 bits per heavy atom. The summed E-state index contributed by atoms with van der Waals surface area (Å²) in [7, 11) is 0. The number of fused-ring (bicyclic) bond motifs is 3. The SMILES string of the molecule is CCCC1C(CC)CCC2C1CCC1(C)C(C(=O)CN3C(=O)CSC3=O)CC(C)C21. The molecule has 4 aliphatic rings. The molecule has 0 bridgehead atoms. The van der Waals surface area contributed by atoms with Crippen molar-refractivity contribution in [3.05, 3.63) is 0 Å². The van der Waals surface area contributed by atoms with Gasteiger partial charge < -0.3 is 0 Å². The second-order valence-electron chi connectivity index (χ2n) is 10.9. The molecular formula is C25H39NO3S. The number of amides is 2. The number of imide groups is 1. The van der Waals surface area contributed by atoms with Crippen LogP contribution in [0.25, 0.3) is 0 Å². The van der Waals surface area contributed by atoms with Gasteiger partial charge in [-0.2, -0.15) is 0 Å². The first-order chi connectivity index (χ1) is 14.3.